The zero-order chi connectivity index (χ0) is 17.9. The molecule has 1 aromatic heterocycles. The molecular formula is C21H19N3O2. The first kappa shape index (κ1) is 16.4. The minimum Gasteiger partial charge on any atom is -0.465 e. The first-order valence-electron chi connectivity index (χ1n) is 8.57. The highest BCUT2D eigenvalue weighted by atomic mass is 16.5. The number of carbonyl (C=O) groups excluding carboxylic acids is 1. The molecule has 0 saturated carbocycles. The van der Waals surface area contributed by atoms with E-state index in [0.717, 1.165) is 18.5 Å². The van der Waals surface area contributed by atoms with E-state index >= 15 is 0 Å². The van der Waals surface area contributed by atoms with Crippen LogP contribution in [-0.4, -0.2) is 23.0 Å². The van der Waals surface area contributed by atoms with E-state index in [4.69, 9.17) is 9.72 Å². The fourth-order valence-electron chi connectivity index (χ4n) is 3.30. The van der Waals surface area contributed by atoms with Gasteiger partial charge in [-0.05, 0) is 17.5 Å². The van der Waals surface area contributed by atoms with Crippen LogP contribution in [0.5, 0.6) is 0 Å². The van der Waals surface area contributed by atoms with Crippen LogP contribution in [0.3, 0.4) is 0 Å². The van der Waals surface area contributed by atoms with Crippen LogP contribution in [0.25, 0.3) is 11.4 Å². The number of benzene rings is 2. The molecule has 0 spiro atoms. The number of hydrogen-bond donors (Lipinski definition) is 1. The third-order valence-corrected chi connectivity index (χ3v) is 4.67. The standard InChI is InChI=1S/C21H19N3O2/c1-26-21(25)17-13-23-20(14-7-3-2-4-8-14)24-19(17)18-11-15-9-5-6-10-16(15)12-22-18/h2-10,13,18,22H,11-12H2,1H3. The van der Waals surface area contributed by atoms with Crippen molar-refractivity contribution in [2.24, 2.45) is 0 Å². The molecule has 3 aromatic rings. The Bertz CT molecular complexity index is 941. The summed E-state index contributed by atoms with van der Waals surface area (Å²) in [5.74, 6) is 0.189. The summed E-state index contributed by atoms with van der Waals surface area (Å²) in [7, 11) is 1.38. The van der Waals surface area contributed by atoms with E-state index in [9.17, 15) is 4.79 Å². The predicted molar refractivity (Wildman–Crippen MR) is 98.5 cm³/mol. The third-order valence-electron chi connectivity index (χ3n) is 4.67. The summed E-state index contributed by atoms with van der Waals surface area (Å²) in [5, 5.41) is 3.49. The molecule has 1 aliphatic rings. The lowest BCUT2D eigenvalue weighted by Gasteiger charge is -2.27. The van der Waals surface area contributed by atoms with Crippen LogP contribution >= 0.6 is 0 Å². The smallest absolute Gasteiger partial charge is 0.341 e. The van der Waals surface area contributed by atoms with Gasteiger partial charge in [-0.1, -0.05) is 54.6 Å². The summed E-state index contributed by atoms with van der Waals surface area (Å²) in [6.07, 6.45) is 2.34. The monoisotopic (exact) mass is 345 g/mol. The van der Waals surface area contributed by atoms with Crippen molar-refractivity contribution in [3.63, 3.8) is 0 Å². The molecule has 0 bridgehead atoms. The lowest BCUT2D eigenvalue weighted by molar-refractivity contribution is 0.0597. The summed E-state index contributed by atoms with van der Waals surface area (Å²) >= 11 is 0. The number of hydrogen-bond acceptors (Lipinski definition) is 5. The lowest BCUT2D eigenvalue weighted by atomic mass is 9.92. The van der Waals surface area contributed by atoms with Crippen molar-refractivity contribution in [1.29, 1.82) is 0 Å². The number of nitrogens with zero attached hydrogens (tertiary/aromatic N) is 2. The predicted octanol–water partition coefficient (Wildman–Crippen LogP) is 3.32. The van der Waals surface area contributed by atoms with Gasteiger partial charge in [0, 0.05) is 18.3 Å². The van der Waals surface area contributed by atoms with Gasteiger partial charge in [0.2, 0.25) is 0 Å². The van der Waals surface area contributed by atoms with Crippen molar-refractivity contribution in [2.45, 2.75) is 19.0 Å². The minimum atomic E-state index is -0.416. The Morgan fingerprint density at radius 1 is 1.08 bits per heavy atom. The van der Waals surface area contributed by atoms with Gasteiger partial charge < -0.3 is 10.1 Å². The van der Waals surface area contributed by atoms with Crippen molar-refractivity contribution < 1.29 is 9.53 Å². The van der Waals surface area contributed by atoms with Gasteiger partial charge in [-0.3, -0.25) is 0 Å². The molecule has 0 amide bonds. The highest BCUT2D eigenvalue weighted by molar-refractivity contribution is 5.90. The van der Waals surface area contributed by atoms with Crippen LogP contribution in [0.4, 0.5) is 0 Å². The molecule has 1 atom stereocenters. The molecule has 1 unspecified atom stereocenters. The second-order valence-electron chi connectivity index (χ2n) is 6.26. The molecule has 26 heavy (non-hydrogen) atoms. The Labute approximate surface area is 152 Å². The van der Waals surface area contributed by atoms with Crippen LogP contribution in [0, 0.1) is 0 Å². The number of carbonyl (C=O) groups is 1. The fraction of sp³-hybridized carbons (Fsp3) is 0.190. The number of aromatic nitrogens is 2. The number of ether oxygens (including phenoxy) is 1. The van der Waals surface area contributed by atoms with E-state index in [-0.39, 0.29) is 6.04 Å². The largest absolute Gasteiger partial charge is 0.465 e. The number of esters is 1. The summed E-state index contributed by atoms with van der Waals surface area (Å²) in [6.45, 7) is 0.742. The highest BCUT2D eigenvalue weighted by Crippen LogP contribution is 2.28. The van der Waals surface area contributed by atoms with Gasteiger partial charge in [-0.2, -0.15) is 0 Å². The van der Waals surface area contributed by atoms with Crippen LogP contribution in [0.1, 0.15) is 33.2 Å². The fourth-order valence-corrected chi connectivity index (χ4v) is 3.30. The number of rotatable bonds is 3. The van der Waals surface area contributed by atoms with Crippen molar-refractivity contribution in [2.75, 3.05) is 7.11 Å². The van der Waals surface area contributed by atoms with Gasteiger partial charge >= 0.3 is 5.97 Å². The summed E-state index contributed by atoms with van der Waals surface area (Å²) < 4.78 is 4.94. The first-order valence-corrected chi connectivity index (χ1v) is 8.57. The maximum Gasteiger partial charge on any atom is 0.341 e. The Kier molecular flexibility index (Phi) is 4.46. The van der Waals surface area contributed by atoms with E-state index < -0.39 is 5.97 Å². The van der Waals surface area contributed by atoms with Crippen molar-refractivity contribution in [3.05, 3.63) is 83.2 Å². The van der Waals surface area contributed by atoms with Gasteiger partial charge in [0.15, 0.2) is 5.82 Å². The molecule has 5 heteroatoms. The van der Waals surface area contributed by atoms with Gasteiger partial charge in [-0.15, -0.1) is 0 Å². The molecule has 130 valence electrons. The normalized spacial score (nSPS) is 16.0. The second-order valence-corrected chi connectivity index (χ2v) is 6.26. The number of nitrogens with one attached hydrogen (secondary N) is 1. The van der Waals surface area contributed by atoms with Crippen LogP contribution in [0.2, 0.25) is 0 Å². The van der Waals surface area contributed by atoms with Crippen molar-refractivity contribution in [1.82, 2.24) is 15.3 Å². The Morgan fingerprint density at radius 3 is 2.58 bits per heavy atom. The van der Waals surface area contributed by atoms with E-state index in [1.54, 1.807) is 6.20 Å². The van der Waals surface area contributed by atoms with E-state index in [2.05, 4.69) is 22.4 Å². The maximum absolute atomic E-state index is 12.2. The lowest BCUT2D eigenvalue weighted by Crippen LogP contribution is -2.31. The van der Waals surface area contributed by atoms with E-state index in [1.807, 2.05) is 42.5 Å². The minimum absolute atomic E-state index is 0.0653. The Balaban J connectivity index is 1.77. The zero-order valence-corrected chi connectivity index (χ0v) is 14.5. The van der Waals surface area contributed by atoms with Crippen molar-refractivity contribution >= 4 is 5.97 Å². The van der Waals surface area contributed by atoms with Gasteiger partial charge in [0.25, 0.3) is 0 Å². The second kappa shape index (κ2) is 7.06. The zero-order valence-electron chi connectivity index (χ0n) is 14.5. The molecule has 4 rings (SSSR count). The first-order chi connectivity index (χ1) is 12.8. The van der Waals surface area contributed by atoms with Crippen LogP contribution in [0.15, 0.2) is 60.8 Å². The molecule has 0 radical (unpaired) electrons. The van der Waals surface area contributed by atoms with E-state index in [0.29, 0.717) is 17.1 Å². The Morgan fingerprint density at radius 2 is 1.81 bits per heavy atom. The quantitative estimate of drug-likeness (QED) is 0.738. The number of methoxy groups -OCH3 is 1. The molecule has 0 aliphatic carbocycles. The Hall–Kier alpha value is -3.05. The highest BCUT2D eigenvalue weighted by Gasteiger charge is 2.26. The molecule has 2 aromatic carbocycles. The van der Waals surface area contributed by atoms with Gasteiger partial charge in [0.05, 0.1) is 18.8 Å². The molecule has 5 nitrogen and oxygen atoms in total. The molecular weight excluding hydrogens is 326 g/mol. The van der Waals surface area contributed by atoms with Crippen LogP contribution < -0.4 is 5.32 Å². The topological polar surface area (TPSA) is 64.1 Å². The molecule has 2 heterocycles. The molecule has 0 fully saturated rings. The molecule has 0 saturated heterocycles. The summed E-state index contributed by atoms with van der Waals surface area (Å²) in [5.41, 5.74) is 4.55. The van der Waals surface area contributed by atoms with Crippen molar-refractivity contribution in [3.8, 4) is 11.4 Å². The SMILES string of the molecule is COC(=O)c1cnc(-c2ccccc2)nc1C1Cc2ccccc2CN1. The third kappa shape index (κ3) is 3.09. The molecule has 1 aliphatic heterocycles. The van der Waals surface area contributed by atoms with Gasteiger partial charge in [-0.25, -0.2) is 14.8 Å². The van der Waals surface area contributed by atoms with Gasteiger partial charge in [0.1, 0.15) is 5.56 Å². The molecule has 1 N–H and O–H groups in total. The van der Waals surface area contributed by atoms with Crippen LogP contribution in [-0.2, 0) is 17.7 Å². The average Bonchev–Trinajstić information content (AvgIpc) is 2.73. The average molecular weight is 345 g/mol. The van der Waals surface area contributed by atoms with E-state index in [1.165, 1.54) is 18.2 Å². The summed E-state index contributed by atoms with van der Waals surface area (Å²) in [4.78, 5) is 21.4. The number of fused-ring (bicyclic) bond motifs is 1. The maximum atomic E-state index is 12.2. The summed E-state index contributed by atoms with van der Waals surface area (Å²) in [6, 6.07) is 18.0.